The standard InChI is InChI=1S/C8H8FNO2/c9-5-1-4-6(10)3-12-8(4)2-7(5)11/h1-2,6,11H,3,10H2/t6-/m1/s1. The first-order valence-electron chi connectivity index (χ1n) is 3.59. The Balaban J connectivity index is 2.56. The van der Waals surface area contributed by atoms with Crippen molar-refractivity contribution in [3.63, 3.8) is 0 Å². The highest BCUT2D eigenvalue weighted by Gasteiger charge is 2.22. The summed E-state index contributed by atoms with van der Waals surface area (Å²) in [7, 11) is 0. The second-order valence-electron chi connectivity index (χ2n) is 2.76. The van der Waals surface area contributed by atoms with Crippen LogP contribution in [-0.4, -0.2) is 11.7 Å². The van der Waals surface area contributed by atoms with Gasteiger partial charge in [0, 0.05) is 11.6 Å². The summed E-state index contributed by atoms with van der Waals surface area (Å²) in [5, 5.41) is 8.97. The summed E-state index contributed by atoms with van der Waals surface area (Å²) in [5.41, 5.74) is 6.21. The Morgan fingerprint density at radius 1 is 1.58 bits per heavy atom. The second kappa shape index (κ2) is 2.35. The number of hydrogen-bond donors (Lipinski definition) is 2. The van der Waals surface area contributed by atoms with Gasteiger partial charge in [-0.15, -0.1) is 0 Å². The Morgan fingerprint density at radius 2 is 2.33 bits per heavy atom. The minimum absolute atomic E-state index is 0.282. The van der Waals surface area contributed by atoms with Crippen molar-refractivity contribution in [1.82, 2.24) is 0 Å². The quantitative estimate of drug-likeness (QED) is 0.607. The third-order valence-corrected chi connectivity index (χ3v) is 1.90. The van der Waals surface area contributed by atoms with Crippen molar-refractivity contribution in [1.29, 1.82) is 0 Å². The third-order valence-electron chi connectivity index (χ3n) is 1.90. The van der Waals surface area contributed by atoms with E-state index in [1.165, 1.54) is 12.1 Å². The smallest absolute Gasteiger partial charge is 0.165 e. The summed E-state index contributed by atoms with van der Waals surface area (Å²) < 4.78 is 17.9. The van der Waals surface area contributed by atoms with Crippen molar-refractivity contribution in [3.8, 4) is 11.5 Å². The highest BCUT2D eigenvalue weighted by Crippen LogP contribution is 2.35. The molecule has 1 atom stereocenters. The molecule has 1 aliphatic rings. The first kappa shape index (κ1) is 7.36. The van der Waals surface area contributed by atoms with Crippen LogP contribution in [0.1, 0.15) is 11.6 Å². The lowest BCUT2D eigenvalue weighted by molar-refractivity contribution is 0.331. The van der Waals surface area contributed by atoms with Gasteiger partial charge in [-0.3, -0.25) is 0 Å². The van der Waals surface area contributed by atoms with Crippen LogP contribution >= 0.6 is 0 Å². The number of ether oxygens (including phenoxy) is 1. The van der Waals surface area contributed by atoms with Gasteiger partial charge in [-0.25, -0.2) is 4.39 Å². The molecule has 0 bridgehead atoms. The second-order valence-corrected chi connectivity index (χ2v) is 2.76. The van der Waals surface area contributed by atoms with Gasteiger partial charge < -0.3 is 15.6 Å². The van der Waals surface area contributed by atoms with E-state index in [0.717, 1.165) is 0 Å². The van der Waals surface area contributed by atoms with Crippen LogP contribution in [-0.2, 0) is 0 Å². The summed E-state index contributed by atoms with van der Waals surface area (Å²) >= 11 is 0. The first-order valence-corrected chi connectivity index (χ1v) is 3.59. The van der Waals surface area contributed by atoms with Crippen molar-refractivity contribution < 1.29 is 14.2 Å². The van der Waals surface area contributed by atoms with Gasteiger partial charge in [0.25, 0.3) is 0 Å². The van der Waals surface area contributed by atoms with Crippen LogP contribution in [0.25, 0.3) is 0 Å². The Kier molecular flexibility index (Phi) is 1.44. The molecule has 0 unspecified atom stereocenters. The fourth-order valence-corrected chi connectivity index (χ4v) is 1.24. The number of benzene rings is 1. The molecule has 1 aromatic carbocycles. The van der Waals surface area contributed by atoms with E-state index in [4.69, 9.17) is 15.6 Å². The van der Waals surface area contributed by atoms with E-state index in [1.54, 1.807) is 0 Å². The number of rotatable bonds is 0. The van der Waals surface area contributed by atoms with E-state index in [0.29, 0.717) is 17.9 Å². The normalized spacial score (nSPS) is 20.3. The lowest BCUT2D eigenvalue weighted by Gasteiger charge is -2.01. The molecular formula is C8H8FNO2. The van der Waals surface area contributed by atoms with Crippen LogP contribution in [0, 0.1) is 5.82 Å². The van der Waals surface area contributed by atoms with Gasteiger partial charge in [0.05, 0.1) is 6.04 Å². The summed E-state index contributed by atoms with van der Waals surface area (Å²) in [6.45, 7) is 0.345. The molecule has 0 aliphatic carbocycles. The summed E-state index contributed by atoms with van der Waals surface area (Å²) in [6.07, 6.45) is 0. The lowest BCUT2D eigenvalue weighted by Crippen LogP contribution is -2.10. The van der Waals surface area contributed by atoms with Crippen LogP contribution < -0.4 is 10.5 Å². The predicted molar refractivity (Wildman–Crippen MR) is 40.5 cm³/mol. The van der Waals surface area contributed by atoms with E-state index < -0.39 is 11.6 Å². The highest BCUT2D eigenvalue weighted by atomic mass is 19.1. The van der Waals surface area contributed by atoms with Crippen molar-refractivity contribution in [3.05, 3.63) is 23.5 Å². The van der Waals surface area contributed by atoms with E-state index in [1.807, 2.05) is 0 Å². The molecule has 0 radical (unpaired) electrons. The van der Waals surface area contributed by atoms with E-state index in [-0.39, 0.29) is 6.04 Å². The average Bonchev–Trinajstić information content (AvgIpc) is 2.35. The molecule has 4 heteroatoms. The van der Waals surface area contributed by atoms with Gasteiger partial charge in [-0.05, 0) is 6.07 Å². The molecule has 0 spiro atoms. The minimum atomic E-state index is -0.658. The van der Waals surface area contributed by atoms with Crippen molar-refractivity contribution in [2.75, 3.05) is 6.61 Å². The number of halogens is 1. The first-order chi connectivity index (χ1) is 5.68. The van der Waals surface area contributed by atoms with Crippen molar-refractivity contribution in [2.24, 2.45) is 5.73 Å². The molecule has 0 aromatic heterocycles. The molecule has 0 fully saturated rings. The number of nitrogens with two attached hydrogens (primary N) is 1. The molecule has 2 rings (SSSR count). The van der Waals surface area contributed by atoms with Gasteiger partial charge >= 0.3 is 0 Å². The lowest BCUT2D eigenvalue weighted by atomic mass is 10.1. The van der Waals surface area contributed by atoms with E-state index in [2.05, 4.69) is 0 Å². The number of phenols is 1. The molecule has 3 N–H and O–H groups in total. The van der Waals surface area contributed by atoms with Crippen LogP contribution in [0.15, 0.2) is 12.1 Å². The predicted octanol–water partition coefficient (Wildman–Crippen LogP) is 0.923. The van der Waals surface area contributed by atoms with E-state index in [9.17, 15) is 4.39 Å². The van der Waals surface area contributed by atoms with E-state index >= 15 is 0 Å². The van der Waals surface area contributed by atoms with Gasteiger partial charge in [-0.2, -0.15) is 0 Å². The molecule has 1 aliphatic heterocycles. The maximum absolute atomic E-state index is 12.8. The van der Waals surface area contributed by atoms with Gasteiger partial charge in [0.15, 0.2) is 11.6 Å². The summed E-state index contributed by atoms with van der Waals surface area (Å²) in [6, 6.07) is 2.18. The molecular weight excluding hydrogens is 161 g/mol. The largest absolute Gasteiger partial charge is 0.505 e. The summed E-state index contributed by atoms with van der Waals surface area (Å²) in [5.74, 6) is -0.584. The zero-order valence-corrected chi connectivity index (χ0v) is 6.25. The number of hydrogen-bond acceptors (Lipinski definition) is 3. The summed E-state index contributed by atoms with van der Waals surface area (Å²) in [4.78, 5) is 0. The van der Waals surface area contributed by atoms with Crippen LogP contribution in [0.2, 0.25) is 0 Å². The average molecular weight is 169 g/mol. The monoisotopic (exact) mass is 169 g/mol. The fourth-order valence-electron chi connectivity index (χ4n) is 1.24. The molecule has 1 heterocycles. The Labute approximate surface area is 68.6 Å². The number of phenolic OH excluding ortho intramolecular Hbond substituents is 1. The fraction of sp³-hybridized carbons (Fsp3) is 0.250. The molecule has 1 aromatic rings. The van der Waals surface area contributed by atoms with Crippen LogP contribution in [0.4, 0.5) is 4.39 Å². The maximum atomic E-state index is 12.8. The zero-order chi connectivity index (χ0) is 8.72. The molecule has 12 heavy (non-hydrogen) atoms. The Hall–Kier alpha value is -1.29. The topological polar surface area (TPSA) is 55.5 Å². The molecule has 64 valence electrons. The van der Waals surface area contributed by atoms with Crippen molar-refractivity contribution in [2.45, 2.75) is 6.04 Å². The zero-order valence-electron chi connectivity index (χ0n) is 6.25. The van der Waals surface area contributed by atoms with Gasteiger partial charge in [0.1, 0.15) is 12.4 Å². The highest BCUT2D eigenvalue weighted by molar-refractivity contribution is 5.45. The minimum Gasteiger partial charge on any atom is -0.505 e. The Bertz CT molecular complexity index is 327. The molecule has 3 nitrogen and oxygen atoms in total. The van der Waals surface area contributed by atoms with Crippen molar-refractivity contribution >= 4 is 0 Å². The number of aromatic hydroxyl groups is 1. The maximum Gasteiger partial charge on any atom is 0.165 e. The molecule has 0 saturated carbocycles. The van der Waals surface area contributed by atoms with Crippen LogP contribution in [0.3, 0.4) is 0 Å². The SMILES string of the molecule is N[C@@H]1COc2cc(O)c(F)cc21. The van der Waals surface area contributed by atoms with Crippen LogP contribution in [0.5, 0.6) is 11.5 Å². The Morgan fingerprint density at radius 3 is 3.08 bits per heavy atom. The van der Waals surface area contributed by atoms with Gasteiger partial charge in [0.2, 0.25) is 0 Å². The number of fused-ring (bicyclic) bond motifs is 1. The van der Waals surface area contributed by atoms with Gasteiger partial charge in [-0.1, -0.05) is 0 Å². The molecule has 0 saturated heterocycles. The third kappa shape index (κ3) is 0.921. The molecule has 0 amide bonds.